The highest BCUT2D eigenvalue weighted by Crippen LogP contribution is 2.15. The van der Waals surface area contributed by atoms with E-state index in [1.165, 1.54) is 30.0 Å². The Morgan fingerprint density at radius 2 is 2.05 bits per heavy atom. The van der Waals surface area contributed by atoms with Gasteiger partial charge in [-0.25, -0.2) is 4.39 Å². The standard InChI is InChI=1S/C15H15FN2O3/c1-9-4-5-10(6-11(9)16)17-15(20)12-7-13(19)14(21-3)8-18(12)2/h4-8H,1-3H3,(H,17,20). The largest absolute Gasteiger partial charge is 0.491 e. The number of aryl methyl sites for hydroxylation is 2. The van der Waals surface area contributed by atoms with Gasteiger partial charge >= 0.3 is 0 Å². The molecular formula is C15H15FN2O3. The van der Waals surface area contributed by atoms with E-state index in [1.807, 2.05) is 0 Å². The Kier molecular flexibility index (Phi) is 4.07. The number of rotatable bonds is 3. The van der Waals surface area contributed by atoms with Crippen molar-refractivity contribution in [1.82, 2.24) is 4.57 Å². The lowest BCUT2D eigenvalue weighted by atomic mass is 10.2. The SMILES string of the molecule is COc1cn(C)c(C(=O)Nc2ccc(C)c(F)c2)cc1=O. The summed E-state index contributed by atoms with van der Waals surface area (Å²) >= 11 is 0. The number of ether oxygens (including phenoxy) is 1. The topological polar surface area (TPSA) is 60.3 Å². The monoisotopic (exact) mass is 290 g/mol. The van der Waals surface area contributed by atoms with E-state index in [2.05, 4.69) is 5.32 Å². The maximum absolute atomic E-state index is 13.5. The molecule has 0 atom stereocenters. The minimum absolute atomic E-state index is 0.149. The molecule has 5 nitrogen and oxygen atoms in total. The summed E-state index contributed by atoms with van der Waals surface area (Å²) in [5.74, 6) is -0.757. The fourth-order valence-electron chi connectivity index (χ4n) is 1.85. The molecule has 110 valence electrons. The zero-order chi connectivity index (χ0) is 15.6. The number of amides is 1. The fourth-order valence-corrected chi connectivity index (χ4v) is 1.85. The maximum atomic E-state index is 13.5. The average molecular weight is 290 g/mol. The van der Waals surface area contributed by atoms with E-state index in [0.29, 0.717) is 11.3 Å². The van der Waals surface area contributed by atoms with Crippen LogP contribution in [-0.2, 0) is 7.05 Å². The summed E-state index contributed by atoms with van der Waals surface area (Å²) in [6.07, 6.45) is 1.42. The summed E-state index contributed by atoms with van der Waals surface area (Å²) in [7, 11) is 3.00. The van der Waals surface area contributed by atoms with E-state index < -0.39 is 17.2 Å². The molecule has 1 aromatic heterocycles. The van der Waals surface area contributed by atoms with Crippen LogP contribution in [0.1, 0.15) is 16.1 Å². The molecule has 0 aliphatic rings. The molecule has 0 unspecified atom stereocenters. The van der Waals surface area contributed by atoms with E-state index in [1.54, 1.807) is 26.1 Å². The number of halogens is 1. The zero-order valence-corrected chi connectivity index (χ0v) is 11.9. The van der Waals surface area contributed by atoms with Gasteiger partial charge in [0.25, 0.3) is 5.91 Å². The number of hydrogen-bond donors (Lipinski definition) is 1. The van der Waals surface area contributed by atoms with Crippen LogP contribution in [-0.4, -0.2) is 17.6 Å². The van der Waals surface area contributed by atoms with Gasteiger partial charge in [-0.15, -0.1) is 0 Å². The Bertz CT molecular complexity index is 753. The van der Waals surface area contributed by atoms with Crippen molar-refractivity contribution in [2.75, 3.05) is 12.4 Å². The minimum Gasteiger partial charge on any atom is -0.491 e. The molecule has 1 aromatic carbocycles. The number of pyridine rings is 1. The van der Waals surface area contributed by atoms with Gasteiger partial charge < -0.3 is 14.6 Å². The summed E-state index contributed by atoms with van der Waals surface area (Å²) in [4.78, 5) is 23.8. The third-order valence-electron chi connectivity index (χ3n) is 3.08. The van der Waals surface area contributed by atoms with Crippen molar-refractivity contribution in [2.24, 2.45) is 7.05 Å². The summed E-state index contributed by atoms with van der Waals surface area (Å²) in [5, 5.41) is 2.55. The van der Waals surface area contributed by atoms with Gasteiger partial charge in [0, 0.05) is 18.8 Å². The number of anilines is 1. The van der Waals surface area contributed by atoms with Crippen molar-refractivity contribution in [3.8, 4) is 5.75 Å². The van der Waals surface area contributed by atoms with Crippen molar-refractivity contribution in [1.29, 1.82) is 0 Å². The van der Waals surface area contributed by atoms with E-state index in [-0.39, 0.29) is 11.4 Å². The number of nitrogens with zero attached hydrogens (tertiary/aromatic N) is 1. The molecule has 1 amide bonds. The number of hydrogen-bond acceptors (Lipinski definition) is 3. The zero-order valence-electron chi connectivity index (χ0n) is 11.9. The van der Waals surface area contributed by atoms with Crippen molar-refractivity contribution >= 4 is 11.6 Å². The van der Waals surface area contributed by atoms with Crippen LogP contribution in [0.3, 0.4) is 0 Å². The quantitative estimate of drug-likeness (QED) is 0.941. The Morgan fingerprint density at radius 3 is 2.67 bits per heavy atom. The molecule has 21 heavy (non-hydrogen) atoms. The van der Waals surface area contributed by atoms with E-state index >= 15 is 0 Å². The lowest BCUT2D eigenvalue weighted by Crippen LogP contribution is -2.21. The lowest BCUT2D eigenvalue weighted by molar-refractivity contribution is 0.101. The van der Waals surface area contributed by atoms with Gasteiger partial charge in [0.15, 0.2) is 5.75 Å². The number of nitrogens with one attached hydrogen (secondary N) is 1. The van der Waals surface area contributed by atoms with Gasteiger partial charge in [-0.05, 0) is 24.6 Å². The Balaban J connectivity index is 2.30. The lowest BCUT2D eigenvalue weighted by Gasteiger charge is -2.11. The normalized spacial score (nSPS) is 10.3. The number of carbonyl (C=O) groups excluding carboxylic acids is 1. The number of aromatic nitrogens is 1. The van der Waals surface area contributed by atoms with Crippen molar-refractivity contribution < 1.29 is 13.9 Å². The Labute approximate surface area is 121 Å². The van der Waals surface area contributed by atoms with E-state index in [9.17, 15) is 14.0 Å². The second kappa shape index (κ2) is 5.78. The molecule has 6 heteroatoms. The van der Waals surface area contributed by atoms with Crippen LogP contribution in [0, 0.1) is 12.7 Å². The van der Waals surface area contributed by atoms with Gasteiger partial charge in [-0.3, -0.25) is 9.59 Å². The van der Waals surface area contributed by atoms with Crippen LogP contribution < -0.4 is 15.5 Å². The minimum atomic E-state index is -0.500. The second-order valence-corrected chi connectivity index (χ2v) is 4.62. The molecule has 1 heterocycles. The third kappa shape index (κ3) is 3.10. The predicted octanol–water partition coefficient (Wildman–Crippen LogP) is 2.09. The van der Waals surface area contributed by atoms with Gasteiger partial charge in [-0.1, -0.05) is 6.07 Å². The first-order valence-electron chi connectivity index (χ1n) is 6.24. The van der Waals surface area contributed by atoms with Crippen LogP contribution in [0.2, 0.25) is 0 Å². The molecule has 0 aliphatic heterocycles. The molecule has 0 fully saturated rings. The fraction of sp³-hybridized carbons (Fsp3) is 0.200. The molecule has 2 aromatic rings. The summed E-state index contributed by atoms with van der Waals surface area (Å²) < 4.78 is 19.8. The highest BCUT2D eigenvalue weighted by atomic mass is 19.1. The van der Waals surface area contributed by atoms with Crippen LogP contribution in [0.25, 0.3) is 0 Å². The van der Waals surface area contributed by atoms with Crippen molar-refractivity contribution in [3.63, 3.8) is 0 Å². The second-order valence-electron chi connectivity index (χ2n) is 4.62. The van der Waals surface area contributed by atoms with E-state index in [4.69, 9.17) is 4.74 Å². The number of benzene rings is 1. The van der Waals surface area contributed by atoms with Crippen molar-refractivity contribution in [3.05, 3.63) is 57.8 Å². The Morgan fingerprint density at radius 1 is 1.33 bits per heavy atom. The van der Waals surface area contributed by atoms with Crippen LogP contribution in [0.15, 0.2) is 35.3 Å². The average Bonchev–Trinajstić information content (AvgIpc) is 2.44. The summed E-state index contributed by atoms with van der Waals surface area (Å²) in [5.41, 5.74) is 0.578. The Hall–Kier alpha value is -2.63. The van der Waals surface area contributed by atoms with Crippen LogP contribution >= 0.6 is 0 Å². The molecule has 0 saturated carbocycles. The highest BCUT2D eigenvalue weighted by Gasteiger charge is 2.13. The van der Waals surface area contributed by atoms with Gasteiger partial charge in [0.2, 0.25) is 5.43 Å². The maximum Gasteiger partial charge on any atom is 0.272 e. The predicted molar refractivity (Wildman–Crippen MR) is 77.3 cm³/mol. The number of methoxy groups -OCH3 is 1. The molecule has 0 radical (unpaired) electrons. The molecule has 0 bridgehead atoms. The van der Waals surface area contributed by atoms with Gasteiger partial charge in [0.1, 0.15) is 11.5 Å². The summed E-state index contributed by atoms with van der Waals surface area (Å²) in [6.45, 7) is 1.63. The summed E-state index contributed by atoms with van der Waals surface area (Å²) in [6, 6.07) is 5.57. The molecule has 2 rings (SSSR count). The molecule has 1 N–H and O–H groups in total. The van der Waals surface area contributed by atoms with Gasteiger partial charge in [0.05, 0.1) is 13.3 Å². The van der Waals surface area contributed by atoms with E-state index in [0.717, 1.165) is 0 Å². The molecule has 0 saturated heterocycles. The first kappa shape index (κ1) is 14.8. The third-order valence-corrected chi connectivity index (χ3v) is 3.08. The van der Waals surface area contributed by atoms with Crippen molar-refractivity contribution in [2.45, 2.75) is 6.92 Å². The highest BCUT2D eigenvalue weighted by molar-refractivity contribution is 6.03. The van der Waals surface area contributed by atoms with Crippen LogP contribution in [0.4, 0.5) is 10.1 Å². The first-order chi connectivity index (χ1) is 9.92. The smallest absolute Gasteiger partial charge is 0.272 e. The van der Waals surface area contributed by atoms with Crippen LogP contribution in [0.5, 0.6) is 5.75 Å². The first-order valence-corrected chi connectivity index (χ1v) is 6.24. The molecular weight excluding hydrogens is 275 g/mol. The number of carbonyl (C=O) groups is 1. The van der Waals surface area contributed by atoms with Gasteiger partial charge in [-0.2, -0.15) is 0 Å². The molecule has 0 spiro atoms. The molecule has 0 aliphatic carbocycles.